The van der Waals surface area contributed by atoms with Gasteiger partial charge in [0, 0.05) is 18.0 Å². The molecule has 2 rings (SSSR count). The summed E-state index contributed by atoms with van der Waals surface area (Å²) in [5.41, 5.74) is 1.14. The van der Waals surface area contributed by atoms with Gasteiger partial charge in [0.25, 0.3) is 0 Å². The molecular formula is C19H22FNO2S. The number of thioether (sulfide) groups is 1. The molecule has 1 unspecified atom stereocenters. The van der Waals surface area contributed by atoms with E-state index in [2.05, 4.69) is 5.32 Å². The summed E-state index contributed by atoms with van der Waals surface area (Å²) >= 11 is 1.20. The molecule has 0 heterocycles. The lowest BCUT2D eigenvalue weighted by Crippen LogP contribution is -2.27. The molecule has 2 aromatic carbocycles. The molecule has 0 aliphatic rings. The van der Waals surface area contributed by atoms with Crippen molar-refractivity contribution in [1.82, 2.24) is 5.32 Å². The van der Waals surface area contributed by atoms with Crippen molar-refractivity contribution in [3.63, 3.8) is 0 Å². The van der Waals surface area contributed by atoms with Gasteiger partial charge in [-0.3, -0.25) is 4.79 Å². The summed E-state index contributed by atoms with van der Waals surface area (Å²) in [6, 6.07) is 16.5. The highest BCUT2D eigenvalue weighted by atomic mass is 32.2. The van der Waals surface area contributed by atoms with Gasteiger partial charge >= 0.3 is 0 Å². The molecule has 1 atom stereocenters. The number of carbonyl (C=O) groups is 1. The van der Waals surface area contributed by atoms with E-state index >= 15 is 0 Å². The van der Waals surface area contributed by atoms with Crippen molar-refractivity contribution in [2.75, 3.05) is 18.9 Å². The third kappa shape index (κ3) is 6.34. The zero-order valence-electron chi connectivity index (χ0n) is 13.7. The Kier molecular flexibility index (Phi) is 7.79. The van der Waals surface area contributed by atoms with Crippen molar-refractivity contribution >= 4 is 17.7 Å². The molecule has 1 N–H and O–H groups in total. The van der Waals surface area contributed by atoms with E-state index in [4.69, 9.17) is 4.74 Å². The van der Waals surface area contributed by atoms with Crippen LogP contribution in [0, 0.1) is 5.82 Å². The summed E-state index contributed by atoms with van der Waals surface area (Å²) < 4.78 is 19.2. The number of nitrogens with one attached hydrogen (secondary N) is 1. The van der Waals surface area contributed by atoms with Crippen LogP contribution in [0.1, 0.15) is 25.0 Å². The summed E-state index contributed by atoms with van der Waals surface area (Å²) in [6.07, 6.45) is 0.784. The summed E-state index contributed by atoms with van der Waals surface area (Å²) in [5, 5.41) is 2.82. The zero-order valence-corrected chi connectivity index (χ0v) is 14.5. The van der Waals surface area contributed by atoms with Crippen molar-refractivity contribution in [2.24, 2.45) is 0 Å². The number of benzene rings is 2. The average molecular weight is 347 g/mol. The summed E-state index contributed by atoms with van der Waals surface area (Å²) in [6.45, 7) is 3.15. The minimum atomic E-state index is -0.293. The fraction of sp³-hybridized carbons (Fsp3) is 0.316. The molecule has 1 amide bonds. The minimum absolute atomic E-state index is 0.0403. The summed E-state index contributed by atoms with van der Waals surface area (Å²) in [7, 11) is 0. The second-order valence-corrected chi connectivity index (χ2v) is 6.36. The molecular weight excluding hydrogens is 325 g/mol. The van der Waals surface area contributed by atoms with Gasteiger partial charge in [0.2, 0.25) is 5.91 Å². The van der Waals surface area contributed by atoms with E-state index in [1.807, 2.05) is 37.3 Å². The fourth-order valence-electron chi connectivity index (χ4n) is 2.14. The Labute approximate surface area is 146 Å². The van der Waals surface area contributed by atoms with Gasteiger partial charge in [-0.1, -0.05) is 42.5 Å². The molecule has 0 radical (unpaired) electrons. The van der Waals surface area contributed by atoms with Crippen LogP contribution >= 0.6 is 11.8 Å². The Bertz CT molecular complexity index is 636. The molecule has 0 aliphatic heterocycles. The first-order chi connectivity index (χ1) is 11.7. The van der Waals surface area contributed by atoms with Crippen LogP contribution in [-0.4, -0.2) is 24.8 Å². The second-order valence-electron chi connectivity index (χ2n) is 5.35. The SMILES string of the molecule is CC(OCCCNC(=O)CSc1ccccc1F)c1ccccc1. The second kappa shape index (κ2) is 10.1. The highest BCUT2D eigenvalue weighted by Gasteiger charge is 2.07. The van der Waals surface area contributed by atoms with E-state index in [1.54, 1.807) is 18.2 Å². The third-order valence-electron chi connectivity index (χ3n) is 3.48. The summed E-state index contributed by atoms with van der Waals surface area (Å²) in [4.78, 5) is 12.2. The smallest absolute Gasteiger partial charge is 0.230 e. The molecule has 0 bridgehead atoms. The van der Waals surface area contributed by atoms with Crippen LogP contribution in [0.15, 0.2) is 59.5 Å². The van der Waals surface area contributed by atoms with Crippen molar-refractivity contribution in [3.05, 3.63) is 66.0 Å². The molecule has 2 aromatic rings. The van der Waals surface area contributed by atoms with Crippen LogP contribution in [0.2, 0.25) is 0 Å². The number of hydrogen-bond donors (Lipinski definition) is 1. The minimum Gasteiger partial charge on any atom is -0.374 e. The third-order valence-corrected chi connectivity index (χ3v) is 4.52. The Balaban J connectivity index is 1.57. The molecule has 24 heavy (non-hydrogen) atoms. The lowest BCUT2D eigenvalue weighted by molar-refractivity contribution is -0.118. The van der Waals surface area contributed by atoms with E-state index in [-0.39, 0.29) is 23.6 Å². The van der Waals surface area contributed by atoms with Gasteiger partial charge in [-0.15, -0.1) is 11.8 Å². The number of rotatable bonds is 9. The quantitative estimate of drug-likeness (QED) is 0.546. The number of amides is 1. The maximum atomic E-state index is 13.4. The van der Waals surface area contributed by atoms with Gasteiger partial charge in [-0.25, -0.2) is 4.39 Å². The van der Waals surface area contributed by atoms with Crippen molar-refractivity contribution in [3.8, 4) is 0 Å². The van der Waals surface area contributed by atoms with Crippen molar-refractivity contribution in [1.29, 1.82) is 0 Å². The Morgan fingerprint density at radius 1 is 1.17 bits per heavy atom. The zero-order chi connectivity index (χ0) is 17.2. The Hall–Kier alpha value is -1.85. The van der Waals surface area contributed by atoms with Gasteiger partial charge in [0.1, 0.15) is 5.82 Å². The molecule has 3 nitrogen and oxygen atoms in total. The van der Waals surface area contributed by atoms with Crippen LogP contribution in [0.25, 0.3) is 0 Å². The largest absolute Gasteiger partial charge is 0.374 e. The standard InChI is InChI=1S/C19H22FNO2S/c1-15(16-8-3-2-4-9-16)23-13-7-12-21-19(22)14-24-18-11-6-5-10-17(18)20/h2-6,8-11,15H,7,12-14H2,1H3,(H,21,22). The monoisotopic (exact) mass is 347 g/mol. The van der Waals surface area contributed by atoms with E-state index in [0.29, 0.717) is 18.0 Å². The average Bonchev–Trinajstić information content (AvgIpc) is 2.61. The van der Waals surface area contributed by atoms with Gasteiger partial charge in [0.05, 0.1) is 11.9 Å². The first-order valence-corrected chi connectivity index (χ1v) is 8.96. The number of ether oxygens (including phenoxy) is 1. The summed E-state index contributed by atoms with van der Waals surface area (Å²) in [5.74, 6) is -0.180. The maximum absolute atomic E-state index is 13.4. The van der Waals surface area contributed by atoms with Crippen LogP contribution in [0.3, 0.4) is 0 Å². The van der Waals surface area contributed by atoms with Crippen LogP contribution in [0.4, 0.5) is 4.39 Å². The van der Waals surface area contributed by atoms with Gasteiger partial charge in [0.15, 0.2) is 0 Å². The molecule has 0 saturated carbocycles. The lowest BCUT2D eigenvalue weighted by Gasteiger charge is -2.13. The highest BCUT2D eigenvalue weighted by molar-refractivity contribution is 8.00. The molecule has 0 fully saturated rings. The van der Waals surface area contributed by atoms with Gasteiger partial charge in [-0.05, 0) is 31.0 Å². The molecule has 0 aliphatic carbocycles. The lowest BCUT2D eigenvalue weighted by atomic mass is 10.1. The normalized spacial score (nSPS) is 11.9. The van der Waals surface area contributed by atoms with Gasteiger partial charge in [-0.2, -0.15) is 0 Å². The number of carbonyl (C=O) groups excluding carboxylic acids is 1. The van der Waals surface area contributed by atoms with Crippen molar-refractivity contribution in [2.45, 2.75) is 24.3 Å². The van der Waals surface area contributed by atoms with E-state index in [9.17, 15) is 9.18 Å². The number of halogens is 1. The number of hydrogen-bond acceptors (Lipinski definition) is 3. The van der Waals surface area contributed by atoms with Gasteiger partial charge < -0.3 is 10.1 Å². The first kappa shape index (κ1) is 18.5. The maximum Gasteiger partial charge on any atom is 0.230 e. The van der Waals surface area contributed by atoms with Crippen LogP contribution in [0.5, 0.6) is 0 Å². The van der Waals surface area contributed by atoms with E-state index in [0.717, 1.165) is 12.0 Å². The molecule has 128 valence electrons. The molecule has 0 aromatic heterocycles. The van der Waals surface area contributed by atoms with Crippen LogP contribution in [-0.2, 0) is 9.53 Å². The van der Waals surface area contributed by atoms with Crippen molar-refractivity contribution < 1.29 is 13.9 Å². The molecule has 5 heteroatoms. The predicted octanol–water partition coefficient (Wildman–Crippen LogP) is 4.20. The predicted molar refractivity (Wildman–Crippen MR) is 95.6 cm³/mol. The Morgan fingerprint density at radius 3 is 2.62 bits per heavy atom. The molecule has 0 saturated heterocycles. The fourth-order valence-corrected chi connectivity index (χ4v) is 2.91. The van der Waals surface area contributed by atoms with E-state index < -0.39 is 0 Å². The topological polar surface area (TPSA) is 38.3 Å². The van der Waals surface area contributed by atoms with Crippen LogP contribution < -0.4 is 5.32 Å². The Morgan fingerprint density at radius 2 is 1.88 bits per heavy atom. The van der Waals surface area contributed by atoms with E-state index in [1.165, 1.54) is 17.8 Å². The molecule has 0 spiro atoms. The first-order valence-electron chi connectivity index (χ1n) is 7.97. The highest BCUT2D eigenvalue weighted by Crippen LogP contribution is 2.20.